The molecule has 0 atom stereocenters. The number of thiazole rings is 1. The van der Waals surface area contributed by atoms with Crippen LogP contribution in [0.5, 0.6) is 5.88 Å². The zero-order valence-electron chi connectivity index (χ0n) is 14.2. The third-order valence-electron chi connectivity index (χ3n) is 3.15. The number of aryl methyl sites for hydroxylation is 1. The van der Waals surface area contributed by atoms with Crippen molar-refractivity contribution in [3.8, 4) is 5.88 Å². The summed E-state index contributed by atoms with van der Waals surface area (Å²) in [6.45, 7) is 6.15. The zero-order valence-corrected chi connectivity index (χ0v) is 17.4. The minimum absolute atomic E-state index is 0. The van der Waals surface area contributed by atoms with Gasteiger partial charge in [-0.2, -0.15) is 0 Å². The van der Waals surface area contributed by atoms with Gasteiger partial charge in [0.2, 0.25) is 5.88 Å². The van der Waals surface area contributed by atoms with Crippen LogP contribution in [0.4, 0.5) is 0 Å². The van der Waals surface area contributed by atoms with E-state index in [0.29, 0.717) is 19.0 Å². The first kappa shape index (κ1) is 20.6. The van der Waals surface area contributed by atoms with Crippen molar-refractivity contribution in [2.24, 2.45) is 4.99 Å². The highest BCUT2D eigenvalue weighted by Gasteiger charge is 2.05. The molecule has 0 fully saturated rings. The fraction of sp³-hybridized carbons (Fsp3) is 0.438. The second-order valence-corrected chi connectivity index (χ2v) is 5.99. The van der Waals surface area contributed by atoms with E-state index in [1.54, 1.807) is 24.6 Å². The van der Waals surface area contributed by atoms with Crippen molar-refractivity contribution >= 4 is 41.3 Å². The smallest absolute Gasteiger partial charge is 0.218 e. The number of ether oxygens (including phenoxy) is 1. The molecule has 0 spiro atoms. The van der Waals surface area contributed by atoms with E-state index in [1.165, 1.54) is 4.88 Å². The molecule has 2 rings (SSSR count). The SMILES string of the molecule is CCNC(=NCc1cccnc1OC)NCc1ncc(CC)s1.I. The van der Waals surface area contributed by atoms with E-state index >= 15 is 0 Å². The maximum absolute atomic E-state index is 5.25. The zero-order chi connectivity index (χ0) is 16.5. The van der Waals surface area contributed by atoms with Crippen molar-refractivity contribution in [1.82, 2.24) is 20.6 Å². The molecular formula is C16H24IN5OS. The first-order chi connectivity index (χ1) is 11.3. The molecule has 0 amide bonds. The highest BCUT2D eigenvalue weighted by Crippen LogP contribution is 2.15. The molecule has 2 aromatic heterocycles. The van der Waals surface area contributed by atoms with E-state index in [1.807, 2.05) is 25.3 Å². The van der Waals surface area contributed by atoms with Crippen molar-refractivity contribution in [2.75, 3.05) is 13.7 Å². The Bertz CT molecular complexity index is 647. The number of methoxy groups -OCH3 is 1. The minimum Gasteiger partial charge on any atom is -0.481 e. The average molecular weight is 461 g/mol. The van der Waals surface area contributed by atoms with Crippen LogP contribution in [-0.2, 0) is 19.5 Å². The Balaban J connectivity index is 0.00000288. The molecule has 0 aromatic carbocycles. The van der Waals surface area contributed by atoms with Crippen LogP contribution in [0.25, 0.3) is 0 Å². The Morgan fingerprint density at radius 3 is 2.79 bits per heavy atom. The molecule has 0 aliphatic heterocycles. The fourth-order valence-electron chi connectivity index (χ4n) is 1.99. The summed E-state index contributed by atoms with van der Waals surface area (Å²) in [4.78, 5) is 14.5. The molecule has 0 saturated heterocycles. The number of halogens is 1. The summed E-state index contributed by atoms with van der Waals surface area (Å²) in [6.07, 6.45) is 4.67. The molecule has 6 nitrogen and oxygen atoms in total. The highest BCUT2D eigenvalue weighted by atomic mass is 127. The Morgan fingerprint density at radius 1 is 1.29 bits per heavy atom. The van der Waals surface area contributed by atoms with Gasteiger partial charge >= 0.3 is 0 Å². The maximum Gasteiger partial charge on any atom is 0.218 e. The number of rotatable bonds is 7. The van der Waals surface area contributed by atoms with Gasteiger partial charge in [-0.3, -0.25) is 0 Å². The second-order valence-electron chi connectivity index (χ2n) is 4.79. The molecule has 2 heterocycles. The van der Waals surface area contributed by atoms with E-state index < -0.39 is 0 Å². The number of pyridine rings is 1. The van der Waals surface area contributed by atoms with Crippen LogP contribution in [-0.4, -0.2) is 29.6 Å². The first-order valence-corrected chi connectivity index (χ1v) is 8.52. The molecule has 8 heteroatoms. The van der Waals surface area contributed by atoms with Crippen LogP contribution >= 0.6 is 35.3 Å². The number of nitrogens with zero attached hydrogens (tertiary/aromatic N) is 3. The summed E-state index contributed by atoms with van der Waals surface area (Å²) in [5, 5.41) is 7.61. The number of aliphatic imine (C=N–C) groups is 1. The Labute approximate surface area is 164 Å². The van der Waals surface area contributed by atoms with E-state index in [0.717, 1.165) is 29.5 Å². The predicted molar refractivity (Wildman–Crippen MR) is 109 cm³/mol. The summed E-state index contributed by atoms with van der Waals surface area (Å²) in [5.74, 6) is 1.37. The minimum atomic E-state index is 0. The lowest BCUT2D eigenvalue weighted by atomic mass is 10.3. The molecule has 2 N–H and O–H groups in total. The second kappa shape index (κ2) is 11.2. The first-order valence-electron chi connectivity index (χ1n) is 7.70. The summed E-state index contributed by atoms with van der Waals surface area (Å²) in [7, 11) is 1.62. The van der Waals surface area contributed by atoms with Crippen LogP contribution in [0, 0.1) is 0 Å². The topological polar surface area (TPSA) is 71.4 Å². The van der Waals surface area contributed by atoms with Crippen molar-refractivity contribution in [3.05, 3.63) is 40.0 Å². The number of guanidine groups is 1. The van der Waals surface area contributed by atoms with Gasteiger partial charge in [-0.25, -0.2) is 15.0 Å². The van der Waals surface area contributed by atoms with E-state index in [-0.39, 0.29) is 24.0 Å². The predicted octanol–water partition coefficient (Wildman–Crippen LogP) is 2.98. The molecule has 0 aliphatic carbocycles. The third kappa shape index (κ3) is 6.23. The van der Waals surface area contributed by atoms with Crippen molar-refractivity contribution in [2.45, 2.75) is 33.4 Å². The van der Waals surface area contributed by atoms with Gasteiger partial charge in [0.15, 0.2) is 5.96 Å². The fourth-order valence-corrected chi connectivity index (χ4v) is 2.79. The molecule has 132 valence electrons. The van der Waals surface area contributed by atoms with Gasteiger partial charge in [0.1, 0.15) is 5.01 Å². The van der Waals surface area contributed by atoms with Gasteiger partial charge in [-0.15, -0.1) is 35.3 Å². The van der Waals surface area contributed by atoms with Gasteiger partial charge < -0.3 is 15.4 Å². The standard InChI is InChI=1S/C16H23N5OS.HI/c1-4-13-10-19-14(23-13)11-21-16(17-5-2)20-9-12-7-6-8-18-15(12)22-3;/h6-8,10H,4-5,9,11H2,1-3H3,(H2,17,20,21);1H. The van der Waals surface area contributed by atoms with Gasteiger partial charge in [-0.1, -0.05) is 13.0 Å². The summed E-state index contributed by atoms with van der Waals surface area (Å²) in [6, 6.07) is 3.85. The molecule has 0 aliphatic rings. The number of aromatic nitrogens is 2. The van der Waals surface area contributed by atoms with Crippen LogP contribution in [0.1, 0.15) is 29.3 Å². The van der Waals surface area contributed by atoms with Crippen molar-refractivity contribution < 1.29 is 4.74 Å². The number of hydrogen-bond donors (Lipinski definition) is 2. The largest absolute Gasteiger partial charge is 0.481 e. The molecule has 2 aromatic rings. The quantitative estimate of drug-likeness (QED) is 0.377. The van der Waals surface area contributed by atoms with Gasteiger partial charge in [0.05, 0.1) is 20.2 Å². The Morgan fingerprint density at radius 2 is 2.12 bits per heavy atom. The molecule has 0 unspecified atom stereocenters. The summed E-state index contributed by atoms with van der Waals surface area (Å²) >= 11 is 1.73. The molecule has 0 radical (unpaired) electrons. The molecule has 0 bridgehead atoms. The Kier molecular flexibility index (Phi) is 9.62. The van der Waals surface area contributed by atoms with Crippen molar-refractivity contribution in [3.63, 3.8) is 0 Å². The Hall–Kier alpha value is -1.42. The third-order valence-corrected chi connectivity index (χ3v) is 4.29. The molecular weight excluding hydrogens is 437 g/mol. The monoisotopic (exact) mass is 461 g/mol. The van der Waals surface area contributed by atoms with E-state index in [2.05, 4.69) is 32.5 Å². The lowest BCUT2D eigenvalue weighted by molar-refractivity contribution is 0.392. The normalized spacial score (nSPS) is 10.9. The number of nitrogens with one attached hydrogen (secondary N) is 2. The van der Waals surface area contributed by atoms with E-state index in [9.17, 15) is 0 Å². The lowest BCUT2D eigenvalue weighted by Gasteiger charge is -2.10. The lowest BCUT2D eigenvalue weighted by Crippen LogP contribution is -2.36. The van der Waals surface area contributed by atoms with Crippen LogP contribution in [0.2, 0.25) is 0 Å². The van der Waals surface area contributed by atoms with Crippen LogP contribution in [0.15, 0.2) is 29.5 Å². The number of hydrogen-bond acceptors (Lipinski definition) is 5. The summed E-state index contributed by atoms with van der Waals surface area (Å²) < 4.78 is 5.25. The van der Waals surface area contributed by atoms with Gasteiger partial charge in [0.25, 0.3) is 0 Å². The summed E-state index contributed by atoms with van der Waals surface area (Å²) in [5.41, 5.74) is 0.953. The average Bonchev–Trinajstić information content (AvgIpc) is 3.05. The van der Waals surface area contributed by atoms with Crippen LogP contribution < -0.4 is 15.4 Å². The van der Waals surface area contributed by atoms with Gasteiger partial charge in [-0.05, 0) is 19.4 Å². The van der Waals surface area contributed by atoms with Gasteiger partial charge in [0, 0.05) is 29.4 Å². The van der Waals surface area contributed by atoms with Crippen molar-refractivity contribution in [1.29, 1.82) is 0 Å². The maximum atomic E-state index is 5.25. The van der Waals surface area contributed by atoms with Crippen LogP contribution in [0.3, 0.4) is 0 Å². The van der Waals surface area contributed by atoms with E-state index in [4.69, 9.17) is 4.74 Å². The molecule has 24 heavy (non-hydrogen) atoms. The highest BCUT2D eigenvalue weighted by molar-refractivity contribution is 14.0. The molecule has 0 saturated carbocycles.